The van der Waals surface area contributed by atoms with Crippen molar-refractivity contribution in [2.75, 3.05) is 26.0 Å². The maximum atomic E-state index is 13.5. The number of carbonyl (C=O) groups is 3. The minimum atomic E-state index is -1.82. The molecule has 2 aromatic carbocycles. The van der Waals surface area contributed by atoms with Crippen LogP contribution in [0.3, 0.4) is 0 Å². The summed E-state index contributed by atoms with van der Waals surface area (Å²) in [5.74, 6) is -3.37. The van der Waals surface area contributed by atoms with Crippen LogP contribution in [-0.2, 0) is 20.9 Å². The van der Waals surface area contributed by atoms with Gasteiger partial charge in [0.2, 0.25) is 5.91 Å². The Morgan fingerprint density at radius 1 is 1.10 bits per heavy atom. The Balaban J connectivity index is 0.000000612. The highest BCUT2D eigenvalue weighted by molar-refractivity contribution is 6.27. The summed E-state index contributed by atoms with van der Waals surface area (Å²) in [7, 11) is 3.48. The van der Waals surface area contributed by atoms with E-state index < -0.39 is 11.9 Å². The van der Waals surface area contributed by atoms with E-state index in [1.807, 2.05) is 36.2 Å². The van der Waals surface area contributed by atoms with Crippen molar-refractivity contribution in [3.63, 3.8) is 0 Å². The molecule has 0 saturated carbocycles. The molecule has 1 amide bonds. The number of aliphatic carboxylic acids is 2. The fraction of sp³-hybridized carbons (Fsp3) is 0.250. The summed E-state index contributed by atoms with van der Waals surface area (Å²) >= 11 is 0. The predicted molar refractivity (Wildman–Crippen MR) is 104 cm³/mol. The molecule has 0 unspecified atom stereocenters. The van der Waals surface area contributed by atoms with Crippen LogP contribution in [0.4, 0.5) is 10.1 Å². The number of anilines is 1. The van der Waals surface area contributed by atoms with Gasteiger partial charge in [0.05, 0.1) is 13.7 Å². The molecule has 2 aromatic rings. The van der Waals surface area contributed by atoms with E-state index in [1.165, 1.54) is 6.07 Å². The van der Waals surface area contributed by atoms with Crippen molar-refractivity contribution in [2.45, 2.75) is 13.5 Å². The van der Waals surface area contributed by atoms with E-state index >= 15 is 0 Å². The third-order valence-electron chi connectivity index (χ3n) is 3.64. The average molecular weight is 406 g/mol. The number of amides is 1. The van der Waals surface area contributed by atoms with E-state index in [0.717, 1.165) is 11.3 Å². The van der Waals surface area contributed by atoms with Crippen molar-refractivity contribution in [3.05, 3.63) is 59.4 Å². The highest BCUT2D eigenvalue weighted by Gasteiger charge is 2.09. The number of carboxylic acids is 2. The second-order valence-electron chi connectivity index (χ2n) is 6.15. The number of ether oxygens (including phenoxy) is 1. The topological polar surface area (TPSA) is 116 Å². The zero-order chi connectivity index (χ0) is 22.0. The molecular formula is C20H23FN2O6. The first-order valence-electron chi connectivity index (χ1n) is 8.46. The zero-order valence-electron chi connectivity index (χ0n) is 16.3. The van der Waals surface area contributed by atoms with E-state index in [1.54, 1.807) is 26.2 Å². The van der Waals surface area contributed by atoms with Crippen LogP contribution < -0.4 is 10.1 Å². The monoisotopic (exact) mass is 406 g/mol. The number of aryl methyl sites for hydroxylation is 1. The van der Waals surface area contributed by atoms with Gasteiger partial charge in [-0.25, -0.2) is 14.0 Å². The molecule has 156 valence electrons. The van der Waals surface area contributed by atoms with E-state index in [9.17, 15) is 9.18 Å². The second kappa shape index (κ2) is 11.4. The van der Waals surface area contributed by atoms with E-state index in [0.29, 0.717) is 17.8 Å². The van der Waals surface area contributed by atoms with Gasteiger partial charge < -0.3 is 20.3 Å². The number of carboxylic acid groups (broad SMARTS) is 2. The summed E-state index contributed by atoms with van der Waals surface area (Å²) in [4.78, 5) is 32.1. The summed E-state index contributed by atoms with van der Waals surface area (Å²) in [6.45, 7) is 2.52. The Morgan fingerprint density at radius 2 is 1.76 bits per heavy atom. The fourth-order valence-corrected chi connectivity index (χ4v) is 2.25. The number of likely N-dealkylation sites (N-methyl/N-ethyl adjacent to an activating group) is 1. The summed E-state index contributed by atoms with van der Waals surface area (Å²) in [6, 6.07) is 12.4. The number of hydrogen-bond acceptors (Lipinski definition) is 5. The number of halogens is 1. The third kappa shape index (κ3) is 8.85. The quantitative estimate of drug-likeness (QED) is 0.631. The molecule has 0 aromatic heterocycles. The lowest BCUT2D eigenvalue weighted by Crippen LogP contribution is -2.29. The maximum absolute atomic E-state index is 13.5. The molecular weight excluding hydrogens is 383 g/mol. The number of nitrogens with one attached hydrogen (secondary N) is 1. The Hall–Kier alpha value is -3.46. The first kappa shape index (κ1) is 23.6. The standard InChI is InChI=1S/C18H21FN2O2.C2H2O4/c1-13-7-8-15(10-17(13)19)20-18(22)12-21(2)11-14-5-4-6-16(9-14)23-3;3-1(4)2(5)6/h4-10H,11-12H2,1-3H3,(H,20,22);(H,3,4)(H,5,6). The average Bonchev–Trinajstić information content (AvgIpc) is 2.65. The highest BCUT2D eigenvalue weighted by Crippen LogP contribution is 2.15. The molecule has 29 heavy (non-hydrogen) atoms. The SMILES string of the molecule is COc1cccc(CN(C)CC(=O)Nc2ccc(C)c(F)c2)c1.O=C(O)C(=O)O. The molecule has 0 aliphatic carbocycles. The Bertz CT molecular complexity index is 860. The van der Waals surface area contributed by atoms with Gasteiger partial charge in [0, 0.05) is 12.2 Å². The van der Waals surface area contributed by atoms with E-state index in [2.05, 4.69) is 5.32 Å². The van der Waals surface area contributed by atoms with Gasteiger partial charge >= 0.3 is 11.9 Å². The number of benzene rings is 2. The summed E-state index contributed by atoms with van der Waals surface area (Å²) in [5, 5.41) is 17.5. The van der Waals surface area contributed by atoms with Crippen molar-refractivity contribution in [1.29, 1.82) is 0 Å². The van der Waals surface area contributed by atoms with Crippen LogP contribution in [-0.4, -0.2) is 53.7 Å². The zero-order valence-corrected chi connectivity index (χ0v) is 16.3. The Labute approximate surface area is 167 Å². The Kier molecular flexibility index (Phi) is 9.27. The molecule has 2 rings (SSSR count). The molecule has 0 spiro atoms. The van der Waals surface area contributed by atoms with Gasteiger partial charge in [-0.05, 0) is 49.4 Å². The van der Waals surface area contributed by atoms with E-state index in [-0.39, 0.29) is 18.3 Å². The van der Waals surface area contributed by atoms with Gasteiger partial charge in [-0.2, -0.15) is 0 Å². The van der Waals surface area contributed by atoms with Crippen molar-refractivity contribution >= 4 is 23.5 Å². The van der Waals surface area contributed by atoms with Crippen LogP contribution in [0.1, 0.15) is 11.1 Å². The normalized spacial score (nSPS) is 9.97. The van der Waals surface area contributed by atoms with Crippen LogP contribution in [0, 0.1) is 12.7 Å². The van der Waals surface area contributed by atoms with Gasteiger partial charge in [0.15, 0.2) is 0 Å². The van der Waals surface area contributed by atoms with Gasteiger partial charge in [-0.15, -0.1) is 0 Å². The van der Waals surface area contributed by atoms with Gasteiger partial charge in [-0.3, -0.25) is 9.69 Å². The van der Waals surface area contributed by atoms with Crippen LogP contribution >= 0.6 is 0 Å². The highest BCUT2D eigenvalue weighted by atomic mass is 19.1. The number of rotatable bonds is 6. The molecule has 0 bridgehead atoms. The first-order valence-corrected chi connectivity index (χ1v) is 8.46. The van der Waals surface area contributed by atoms with Crippen LogP contribution in [0.2, 0.25) is 0 Å². The summed E-state index contributed by atoms with van der Waals surface area (Å²) in [6.07, 6.45) is 0. The molecule has 0 fully saturated rings. The van der Waals surface area contributed by atoms with Crippen LogP contribution in [0.25, 0.3) is 0 Å². The number of carbonyl (C=O) groups excluding carboxylic acids is 1. The van der Waals surface area contributed by atoms with Crippen molar-refractivity contribution in [3.8, 4) is 5.75 Å². The fourth-order valence-electron chi connectivity index (χ4n) is 2.25. The van der Waals surface area contributed by atoms with Gasteiger partial charge in [0.1, 0.15) is 11.6 Å². The van der Waals surface area contributed by atoms with Crippen LogP contribution in [0.5, 0.6) is 5.75 Å². The molecule has 0 saturated heterocycles. The smallest absolute Gasteiger partial charge is 0.414 e. The van der Waals surface area contributed by atoms with Gasteiger partial charge in [0.25, 0.3) is 0 Å². The summed E-state index contributed by atoms with van der Waals surface area (Å²) < 4.78 is 18.7. The number of nitrogens with zero attached hydrogens (tertiary/aromatic N) is 1. The maximum Gasteiger partial charge on any atom is 0.414 e. The molecule has 0 atom stereocenters. The minimum Gasteiger partial charge on any atom is -0.497 e. The molecule has 0 aliphatic rings. The molecule has 8 nitrogen and oxygen atoms in total. The lowest BCUT2D eigenvalue weighted by Gasteiger charge is -2.17. The molecule has 0 heterocycles. The largest absolute Gasteiger partial charge is 0.497 e. The number of hydrogen-bond donors (Lipinski definition) is 3. The first-order chi connectivity index (χ1) is 13.6. The molecule has 9 heteroatoms. The van der Waals surface area contributed by atoms with Crippen molar-refractivity contribution in [2.24, 2.45) is 0 Å². The van der Waals surface area contributed by atoms with Crippen molar-refractivity contribution < 1.29 is 33.7 Å². The van der Waals surface area contributed by atoms with E-state index in [4.69, 9.17) is 24.5 Å². The third-order valence-corrected chi connectivity index (χ3v) is 3.64. The summed E-state index contributed by atoms with van der Waals surface area (Å²) in [5.41, 5.74) is 2.08. The molecule has 3 N–H and O–H groups in total. The molecule has 0 radical (unpaired) electrons. The molecule has 0 aliphatic heterocycles. The Morgan fingerprint density at radius 3 is 2.31 bits per heavy atom. The van der Waals surface area contributed by atoms with Crippen molar-refractivity contribution in [1.82, 2.24) is 4.90 Å². The number of methoxy groups -OCH3 is 1. The lowest BCUT2D eigenvalue weighted by atomic mass is 10.2. The van der Waals surface area contributed by atoms with Gasteiger partial charge in [-0.1, -0.05) is 18.2 Å². The van der Waals surface area contributed by atoms with Crippen LogP contribution in [0.15, 0.2) is 42.5 Å². The lowest BCUT2D eigenvalue weighted by molar-refractivity contribution is -0.159. The predicted octanol–water partition coefficient (Wildman–Crippen LogP) is 2.37. The second-order valence-corrected chi connectivity index (χ2v) is 6.15. The minimum absolute atomic E-state index is 0.182.